The molecule has 1 saturated heterocycles. The Balaban J connectivity index is 0. The van der Waals surface area contributed by atoms with Crippen LogP contribution in [0.5, 0.6) is 0 Å². The summed E-state index contributed by atoms with van der Waals surface area (Å²) in [4.78, 5) is 0. The predicted molar refractivity (Wildman–Crippen MR) is 81.1 cm³/mol. The number of aliphatic hydroxyl groups is 4. The molecule has 0 spiro atoms. The fraction of sp³-hybridized carbons (Fsp3) is 1.00. The molecule has 20 heavy (non-hydrogen) atoms. The summed E-state index contributed by atoms with van der Waals surface area (Å²) < 4.78 is 4.84. The second kappa shape index (κ2) is 12.8. The maximum Gasteiger partial charge on any atom is 1.00 e. The number of aliphatic hydroxyl groups excluding tert-OH is 4. The Hall–Kier alpha value is 1.32. The molecule has 126 valence electrons. The van der Waals surface area contributed by atoms with E-state index in [0.29, 0.717) is 0 Å². The van der Waals surface area contributed by atoms with Crippen LogP contribution in [0.2, 0.25) is 0 Å². The van der Waals surface area contributed by atoms with Crippen molar-refractivity contribution in [3.63, 3.8) is 0 Å². The van der Waals surface area contributed by atoms with Gasteiger partial charge in [0.05, 0.1) is 31.2 Å². The molecule has 5 nitrogen and oxygen atoms in total. The fourth-order valence-corrected chi connectivity index (χ4v) is 3.62. The van der Waals surface area contributed by atoms with Crippen molar-refractivity contribution < 1.29 is 47.5 Å². The second-order valence-electron chi connectivity index (χ2n) is 4.51. The first-order valence-electron chi connectivity index (χ1n) is 6.72. The molecule has 0 aromatic heterocycles. The normalized spacial score (nSPS) is 33.1. The smallest absolute Gasteiger partial charge is 0.759 e. The number of rotatable bonds is 4. The Kier molecular flexibility index (Phi) is 15.1. The first-order valence-corrected chi connectivity index (χ1v) is 9.31. The van der Waals surface area contributed by atoms with Gasteiger partial charge in [0.2, 0.25) is 0 Å². The molecule has 0 aromatic rings. The zero-order chi connectivity index (χ0) is 15.0. The average Bonchev–Trinajstić information content (AvgIpc) is 2.43. The van der Waals surface area contributed by atoms with E-state index in [0.717, 1.165) is 0 Å². The molecule has 0 saturated carbocycles. The van der Waals surface area contributed by atoms with Crippen LogP contribution in [0.4, 0.5) is 0 Å². The van der Waals surface area contributed by atoms with Crippen molar-refractivity contribution in [3.8, 4) is 0 Å². The SMILES string of the molecule is CC[PH+](CC)CC.OCC1O[C@H]([S-])C(O)[C@@H](O)[C@@H]1O.[Au+]. The van der Waals surface area contributed by atoms with Crippen molar-refractivity contribution in [2.75, 3.05) is 25.1 Å². The van der Waals surface area contributed by atoms with Gasteiger partial charge in [-0.1, -0.05) is 0 Å². The molecular weight excluding hydrogens is 484 g/mol. The van der Waals surface area contributed by atoms with Crippen LogP contribution in [0.25, 0.3) is 0 Å². The summed E-state index contributed by atoms with van der Waals surface area (Å²) in [6.45, 7) is 6.49. The monoisotopic (exact) mass is 511 g/mol. The number of hydrogen-bond donors (Lipinski definition) is 4. The van der Waals surface area contributed by atoms with Gasteiger partial charge in [-0.2, -0.15) is 0 Å². The largest absolute Gasteiger partial charge is 1.00 e. The number of ether oxygens (including phenoxy) is 1. The molecule has 0 radical (unpaired) electrons. The van der Waals surface area contributed by atoms with Gasteiger partial charge in [0.25, 0.3) is 0 Å². The topological polar surface area (TPSA) is 90.2 Å². The van der Waals surface area contributed by atoms with E-state index in [9.17, 15) is 5.11 Å². The molecule has 1 aliphatic heterocycles. The van der Waals surface area contributed by atoms with Gasteiger partial charge in [0, 0.05) is 0 Å². The van der Waals surface area contributed by atoms with Crippen LogP contribution in [0.15, 0.2) is 0 Å². The Morgan fingerprint density at radius 2 is 1.40 bits per heavy atom. The molecule has 0 aliphatic carbocycles. The summed E-state index contributed by atoms with van der Waals surface area (Å²) in [5.41, 5.74) is -0.986. The van der Waals surface area contributed by atoms with E-state index >= 15 is 0 Å². The molecule has 1 fully saturated rings. The predicted octanol–water partition coefficient (Wildman–Crippen LogP) is -0.409. The summed E-state index contributed by atoms with van der Waals surface area (Å²) in [5, 5.41) is 36.1. The number of hydrogen-bond acceptors (Lipinski definition) is 6. The van der Waals surface area contributed by atoms with E-state index in [1.165, 1.54) is 18.5 Å². The Morgan fingerprint density at radius 1 is 0.950 bits per heavy atom. The van der Waals surface area contributed by atoms with Crippen LogP contribution in [0.1, 0.15) is 20.8 Å². The average molecular weight is 511 g/mol. The van der Waals surface area contributed by atoms with Crippen molar-refractivity contribution in [3.05, 3.63) is 0 Å². The molecule has 0 aromatic carbocycles. The van der Waals surface area contributed by atoms with Gasteiger partial charge < -0.3 is 37.8 Å². The Labute approximate surface area is 143 Å². The van der Waals surface area contributed by atoms with Crippen LogP contribution in [-0.2, 0) is 39.7 Å². The van der Waals surface area contributed by atoms with Crippen molar-refractivity contribution in [1.29, 1.82) is 0 Å². The van der Waals surface area contributed by atoms with Crippen LogP contribution < -0.4 is 0 Å². The summed E-state index contributed by atoms with van der Waals surface area (Å²) >= 11 is 4.63. The Bertz CT molecular complexity index is 226. The molecular formula is C12H27AuO5PS+. The minimum Gasteiger partial charge on any atom is -0.759 e. The van der Waals surface area contributed by atoms with E-state index < -0.39 is 36.5 Å². The van der Waals surface area contributed by atoms with E-state index in [1.807, 2.05) is 0 Å². The van der Waals surface area contributed by atoms with E-state index in [2.05, 4.69) is 33.4 Å². The minimum absolute atomic E-state index is 0. The summed E-state index contributed by atoms with van der Waals surface area (Å²) in [6.07, 6.45) is -0.459. The van der Waals surface area contributed by atoms with Crippen molar-refractivity contribution in [2.45, 2.75) is 50.6 Å². The van der Waals surface area contributed by atoms with Crippen LogP contribution in [0, 0.1) is 0 Å². The van der Waals surface area contributed by atoms with Gasteiger partial charge in [0.15, 0.2) is 0 Å². The minimum atomic E-state index is -1.35. The van der Waals surface area contributed by atoms with Crippen LogP contribution in [0.3, 0.4) is 0 Å². The first-order chi connectivity index (χ1) is 8.92. The standard InChI is InChI=1S/C6H12O5S.C6H15P.Au/c7-1-2-3(8)4(9)5(10)6(12)11-2;1-4-7(5-2)6-3;/h2-10,12H,1H2;4-6H2,1-3H3;/q;;+1/t2?,3-,4+,5?,6-;;/m1../s1. The van der Waals surface area contributed by atoms with Gasteiger partial charge in [-0.05, 0) is 34.1 Å². The van der Waals surface area contributed by atoms with Crippen LogP contribution in [-0.4, -0.2) is 75.4 Å². The molecule has 5 atom stereocenters. The van der Waals surface area contributed by atoms with Gasteiger partial charge in [-0.25, -0.2) is 0 Å². The summed E-state index contributed by atoms with van der Waals surface area (Å²) in [6, 6.07) is 0. The third kappa shape index (κ3) is 7.54. The third-order valence-corrected chi connectivity index (χ3v) is 6.74. The van der Waals surface area contributed by atoms with Crippen molar-refractivity contribution in [2.24, 2.45) is 0 Å². The zero-order valence-corrected chi connectivity index (χ0v) is 16.1. The third-order valence-electron chi connectivity index (χ3n) is 3.35. The molecule has 2 unspecified atom stereocenters. The second-order valence-corrected chi connectivity index (χ2v) is 8.59. The van der Waals surface area contributed by atoms with E-state index in [1.54, 1.807) is 0 Å². The van der Waals surface area contributed by atoms with Crippen LogP contribution >= 0.6 is 7.92 Å². The summed E-state index contributed by atoms with van der Waals surface area (Å²) in [5.74, 6) is 0. The molecule has 1 aliphatic rings. The molecule has 0 bridgehead atoms. The van der Waals surface area contributed by atoms with Gasteiger partial charge >= 0.3 is 22.4 Å². The first kappa shape index (κ1) is 23.6. The van der Waals surface area contributed by atoms with Gasteiger partial charge in [-0.15, -0.1) is 0 Å². The van der Waals surface area contributed by atoms with Gasteiger partial charge in [-0.3, -0.25) is 0 Å². The quantitative estimate of drug-likeness (QED) is 0.233. The molecule has 8 heteroatoms. The summed E-state index contributed by atoms with van der Waals surface area (Å²) in [7, 11) is 0.137. The molecule has 1 heterocycles. The molecule has 0 amide bonds. The maximum atomic E-state index is 9.18. The van der Waals surface area contributed by atoms with E-state index in [-0.39, 0.29) is 30.3 Å². The molecule has 4 N–H and O–H groups in total. The van der Waals surface area contributed by atoms with Crippen molar-refractivity contribution >= 4 is 20.6 Å². The van der Waals surface area contributed by atoms with Gasteiger partial charge in [0.1, 0.15) is 18.3 Å². The zero-order valence-electron chi connectivity index (χ0n) is 12.1. The molecule has 1 rings (SSSR count). The van der Waals surface area contributed by atoms with Crippen molar-refractivity contribution in [1.82, 2.24) is 0 Å². The van der Waals surface area contributed by atoms with E-state index in [4.69, 9.17) is 20.1 Å². The fourth-order valence-electron chi connectivity index (χ4n) is 1.82. The maximum absolute atomic E-state index is 9.18. The Morgan fingerprint density at radius 3 is 1.70 bits per heavy atom.